The first-order chi connectivity index (χ1) is 16.5. The molecule has 0 unspecified atom stereocenters. The van der Waals surface area contributed by atoms with Gasteiger partial charge in [-0.15, -0.1) is 0 Å². The highest BCUT2D eigenvalue weighted by Crippen LogP contribution is 2.32. The Labute approximate surface area is 198 Å². The van der Waals surface area contributed by atoms with Crippen molar-refractivity contribution in [2.75, 3.05) is 38.6 Å². The van der Waals surface area contributed by atoms with E-state index in [1.165, 1.54) is 18.2 Å². The van der Waals surface area contributed by atoms with Crippen LogP contribution in [0.3, 0.4) is 0 Å². The van der Waals surface area contributed by atoms with E-state index < -0.39 is 4.92 Å². The van der Waals surface area contributed by atoms with Crippen LogP contribution >= 0.6 is 0 Å². The summed E-state index contributed by atoms with van der Waals surface area (Å²) in [5.41, 5.74) is 0.946. The van der Waals surface area contributed by atoms with Gasteiger partial charge in [0.15, 0.2) is 0 Å². The number of amides is 2. The second-order valence-corrected chi connectivity index (χ2v) is 8.84. The Morgan fingerprint density at radius 3 is 2.35 bits per heavy atom. The summed E-state index contributed by atoms with van der Waals surface area (Å²) in [6, 6.07) is 12.9. The molecule has 2 aromatic rings. The third-order valence-electron chi connectivity index (χ3n) is 6.77. The Bertz CT molecular complexity index is 1030. The lowest BCUT2D eigenvalue weighted by Gasteiger charge is -2.40. The average Bonchev–Trinajstić information content (AvgIpc) is 3.39. The van der Waals surface area contributed by atoms with Gasteiger partial charge in [0.25, 0.3) is 11.6 Å². The molecule has 180 valence electrons. The fourth-order valence-corrected chi connectivity index (χ4v) is 4.98. The molecule has 9 heteroatoms. The van der Waals surface area contributed by atoms with E-state index in [0.29, 0.717) is 31.7 Å². The minimum Gasteiger partial charge on any atom is -0.497 e. The van der Waals surface area contributed by atoms with Gasteiger partial charge in [-0.25, -0.2) is 0 Å². The highest BCUT2D eigenvalue weighted by atomic mass is 16.6. The number of non-ortho nitro benzene ring substituents is 1. The van der Waals surface area contributed by atoms with Gasteiger partial charge >= 0.3 is 0 Å². The highest BCUT2D eigenvalue weighted by molar-refractivity contribution is 5.96. The van der Waals surface area contributed by atoms with Crippen LogP contribution in [-0.4, -0.2) is 65.9 Å². The van der Waals surface area contributed by atoms with Crippen LogP contribution < -0.4 is 10.1 Å². The molecule has 2 aromatic carbocycles. The van der Waals surface area contributed by atoms with Crippen molar-refractivity contribution >= 4 is 23.2 Å². The van der Waals surface area contributed by atoms with E-state index in [1.54, 1.807) is 18.1 Å². The average molecular weight is 467 g/mol. The topological polar surface area (TPSA) is 105 Å². The van der Waals surface area contributed by atoms with Gasteiger partial charge in [0.1, 0.15) is 5.75 Å². The van der Waals surface area contributed by atoms with E-state index in [9.17, 15) is 19.7 Å². The number of methoxy groups -OCH3 is 1. The quantitative estimate of drug-likeness (QED) is 0.494. The van der Waals surface area contributed by atoms with Gasteiger partial charge in [-0.05, 0) is 49.1 Å². The smallest absolute Gasteiger partial charge is 0.270 e. The lowest BCUT2D eigenvalue weighted by Crippen LogP contribution is -2.56. The van der Waals surface area contributed by atoms with Gasteiger partial charge in [0.05, 0.1) is 18.1 Å². The van der Waals surface area contributed by atoms with Gasteiger partial charge < -0.3 is 15.0 Å². The van der Waals surface area contributed by atoms with Gasteiger partial charge in [-0.3, -0.25) is 24.6 Å². The standard InChI is InChI=1S/C25H30N4O5/c1-34-22-11-9-20(10-12-22)26-24(30)23(18-5-2-3-6-18)27-13-15-28(16-14-27)25(31)19-7-4-8-21(17-19)29(32)33/h4,7-12,17-18,23H,2-3,5-6,13-16H2,1H3,(H,26,30)/t23-/m0/s1. The molecule has 1 aliphatic carbocycles. The predicted molar refractivity (Wildman–Crippen MR) is 128 cm³/mol. The maximum Gasteiger partial charge on any atom is 0.270 e. The number of anilines is 1. The molecule has 0 spiro atoms. The van der Waals surface area contributed by atoms with Crippen LogP contribution in [0.15, 0.2) is 48.5 Å². The molecule has 0 radical (unpaired) electrons. The summed E-state index contributed by atoms with van der Waals surface area (Å²) >= 11 is 0. The van der Waals surface area contributed by atoms with E-state index in [0.717, 1.165) is 37.1 Å². The molecule has 1 atom stereocenters. The minimum absolute atomic E-state index is 0.0180. The van der Waals surface area contributed by atoms with Crippen molar-refractivity contribution in [3.05, 3.63) is 64.2 Å². The Balaban J connectivity index is 1.42. The zero-order valence-electron chi connectivity index (χ0n) is 19.3. The number of benzene rings is 2. The fourth-order valence-electron chi connectivity index (χ4n) is 4.98. The fraction of sp³-hybridized carbons (Fsp3) is 0.440. The third kappa shape index (κ3) is 5.36. The van der Waals surface area contributed by atoms with Crippen LogP contribution in [0.4, 0.5) is 11.4 Å². The minimum atomic E-state index is -0.498. The number of piperazine rings is 1. The Morgan fingerprint density at radius 2 is 1.74 bits per heavy atom. The van der Waals surface area contributed by atoms with Crippen LogP contribution in [0.2, 0.25) is 0 Å². The number of hydrogen-bond donors (Lipinski definition) is 1. The van der Waals surface area contributed by atoms with Crippen molar-refractivity contribution in [1.82, 2.24) is 9.80 Å². The molecule has 9 nitrogen and oxygen atoms in total. The molecule has 1 heterocycles. The molecular formula is C25H30N4O5. The van der Waals surface area contributed by atoms with E-state index in [4.69, 9.17) is 4.74 Å². The van der Waals surface area contributed by atoms with E-state index in [2.05, 4.69) is 10.2 Å². The lowest BCUT2D eigenvalue weighted by molar-refractivity contribution is -0.384. The number of carbonyl (C=O) groups excluding carboxylic acids is 2. The molecule has 1 saturated carbocycles. The Kier molecular flexibility index (Phi) is 7.42. The molecule has 2 fully saturated rings. The van der Waals surface area contributed by atoms with Gasteiger partial charge in [0, 0.05) is 49.6 Å². The number of nitro benzene ring substituents is 1. The molecule has 2 aliphatic rings. The maximum absolute atomic E-state index is 13.4. The Morgan fingerprint density at radius 1 is 1.06 bits per heavy atom. The van der Waals surface area contributed by atoms with E-state index in [1.807, 2.05) is 24.3 Å². The SMILES string of the molecule is COc1ccc(NC(=O)[C@H](C2CCCC2)N2CCN(C(=O)c3cccc([N+](=O)[O-])c3)CC2)cc1. The second-order valence-electron chi connectivity index (χ2n) is 8.84. The summed E-state index contributed by atoms with van der Waals surface area (Å²) in [5.74, 6) is 0.783. The normalized spacial score (nSPS) is 17.9. The van der Waals surface area contributed by atoms with Crippen LogP contribution in [0.5, 0.6) is 5.75 Å². The van der Waals surface area contributed by atoms with Crippen molar-refractivity contribution in [2.45, 2.75) is 31.7 Å². The first kappa shape index (κ1) is 23.7. The van der Waals surface area contributed by atoms with E-state index in [-0.39, 0.29) is 29.5 Å². The van der Waals surface area contributed by atoms with Crippen LogP contribution in [0.25, 0.3) is 0 Å². The number of nitrogens with one attached hydrogen (secondary N) is 1. The molecule has 1 N–H and O–H groups in total. The number of rotatable bonds is 7. The summed E-state index contributed by atoms with van der Waals surface area (Å²) in [7, 11) is 1.60. The zero-order chi connectivity index (χ0) is 24.1. The highest BCUT2D eigenvalue weighted by Gasteiger charge is 2.37. The second kappa shape index (κ2) is 10.6. The molecule has 4 rings (SSSR count). The van der Waals surface area contributed by atoms with Crippen molar-refractivity contribution in [1.29, 1.82) is 0 Å². The summed E-state index contributed by atoms with van der Waals surface area (Å²) in [6.45, 7) is 2.11. The molecule has 0 bridgehead atoms. The summed E-state index contributed by atoms with van der Waals surface area (Å²) in [6.07, 6.45) is 4.30. The first-order valence-corrected chi connectivity index (χ1v) is 11.7. The Hall–Kier alpha value is -3.46. The third-order valence-corrected chi connectivity index (χ3v) is 6.77. The molecule has 1 saturated heterocycles. The van der Waals surface area contributed by atoms with Crippen LogP contribution in [0, 0.1) is 16.0 Å². The lowest BCUT2D eigenvalue weighted by atomic mass is 9.94. The molecular weight excluding hydrogens is 436 g/mol. The summed E-state index contributed by atoms with van der Waals surface area (Å²) in [4.78, 5) is 40.7. The molecule has 1 aliphatic heterocycles. The van der Waals surface area contributed by atoms with Crippen LogP contribution in [0.1, 0.15) is 36.0 Å². The number of nitrogens with zero attached hydrogens (tertiary/aromatic N) is 3. The van der Waals surface area contributed by atoms with Gasteiger partial charge in [-0.1, -0.05) is 18.9 Å². The van der Waals surface area contributed by atoms with Crippen molar-refractivity contribution in [3.63, 3.8) is 0 Å². The van der Waals surface area contributed by atoms with Crippen molar-refractivity contribution in [3.8, 4) is 5.75 Å². The number of ether oxygens (including phenoxy) is 1. The monoisotopic (exact) mass is 466 g/mol. The van der Waals surface area contributed by atoms with Gasteiger partial charge in [-0.2, -0.15) is 0 Å². The molecule has 34 heavy (non-hydrogen) atoms. The number of nitro groups is 1. The zero-order valence-corrected chi connectivity index (χ0v) is 19.3. The number of carbonyl (C=O) groups is 2. The number of hydrogen-bond acceptors (Lipinski definition) is 6. The summed E-state index contributed by atoms with van der Waals surface area (Å²) < 4.78 is 5.19. The maximum atomic E-state index is 13.4. The first-order valence-electron chi connectivity index (χ1n) is 11.7. The van der Waals surface area contributed by atoms with E-state index >= 15 is 0 Å². The summed E-state index contributed by atoms with van der Waals surface area (Å²) in [5, 5.41) is 14.1. The largest absolute Gasteiger partial charge is 0.497 e. The van der Waals surface area contributed by atoms with Crippen molar-refractivity contribution < 1.29 is 19.2 Å². The predicted octanol–water partition coefficient (Wildman–Crippen LogP) is 3.56. The van der Waals surface area contributed by atoms with Crippen molar-refractivity contribution in [2.24, 2.45) is 5.92 Å². The van der Waals surface area contributed by atoms with Crippen LogP contribution in [-0.2, 0) is 4.79 Å². The van der Waals surface area contributed by atoms with Gasteiger partial charge in [0.2, 0.25) is 5.91 Å². The molecule has 0 aromatic heterocycles. The molecule has 2 amide bonds.